The van der Waals surface area contributed by atoms with Gasteiger partial charge in [-0.2, -0.15) is 0 Å². The first-order valence-corrected chi connectivity index (χ1v) is 5.82. The van der Waals surface area contributed by atoms with E-state index in [1.807, 2.05) is 0 Å². The molecule has 2 nitrogen and oxygen atoms in total. The Labute approximate surface area is 94.7 Å². The van der Waals surface area contributed by atoms with Crippen molar-refractivity contribution in [2.45, 2.75) is 33.1 Å². The van der Waals surface area contributed by atoms with E-state index < -0.39 is 0 Å². The lowest BCUT2D eigenvalue weighted by atomic mass is 9.93. The Bertz CT molecular complexity index is 592. The van der Waals surface area contributed by atoms with Crippen LogP contribution in [0.2, 0.25) is 0 Å². The number of aromatic amines is 1. The molecule has 82 valence electrons. The van der Waals surface area contributed by atoms with Crippen molar-refractivity contribution >= 4 is 16.7 Å². The molecule has 1 N–H and O–H groups in total. The molecule has 0 aliphatic heterocycles. The van der Waals surface area contributed by atoms with E-state index in [0.29, 0.717) is 6.42 Å². The van der Waals surface area contributed by atoms with Crippen LogP contribution in [0, 0.1) is 13.8 Å². The fraction of sp³-hybridized carbons (Fsp3) is 0.357. The second-order valence-corrected chi connectivity index (χ2v) is 4.70. The third-order valence-electron chi connectivity index (χ3n) is 3.59. The highest BCUT2D eigenvalue weighted by Crippen LogP contribution is 2.32. The second kappa shape index (κ2) is 3.21. The molecule has 2 aromatic rings. The number of aryl methyl sites for hydroxylation is 3. The van der Waals surface area contributed by atoms with Crippen molar-refractivity contribution in [3.8, 4) is 0 Å². The average molecular weight is 213 g/mol. The summed E-state index contributed by atoms with van der Waals surface area (Å²) in [6.07, 6.45) is 2.72. The van der Waals surface area contributed by atoms with Gasteiger partial charge in [0.2, 0.25) is 0 Å². The standard InChI is InChI=1S/C14H15NO/c1-8-6-7-9(2)13-12(8)10-4-3-5-11(16)14(10)15-13/h6-7,15H,3-5H2,1-2H3. The van der Waals surface area contributed by atoms with Gasteiger partial charge in [-0.3, -0.25) is 4.79 Å². The highest BCUT2D eigenvalue weighted by Gasteiger charge is 2.23. The summed E-state index contributed by atoms with van der Waals surface area (Å²) in [6, 6.07) is 4.26. The summed E-state index contributed by atoms with van der Waals surface area (Å²) in [4.78, 5) is 15.2. The SMILES string of the molecule is Cc1ccc(C)c2c3c([nH]c12)C(=O)CCC3. The zero-order valence-corrected chi connectivity index (χ0v) is 9.68. The maximum atomic E-state index is 11.8. The normalized spacial score (nSPS) is 15.5. The van der Waals surface area contributed by atoms with Crippen LogP contribution in [-0.2, 0) is 6.42 Å². The maximum Gasteiger partial charge on any atom is 0.179 e. The van der Waals surface area contributed by atoms with Crippen molar-refractivity contribution in [1.29, 1.82) is 0 Å². The Morgan fingerprint density at radius 3 is 2.69 bits per heavy atom. The predicted molar refractivity (Wildman–Crippen MR) is 65.0 cm³/mol. The van der Waals surface area contributed by atoms with Crippen molar-refractivity contribution in [2.24, 2.45) is 0 Å². The fourth-order valence-corrected chi connectivity index (χ4v) is 2.73. The molecular weight excluding hydrogens is 198 g/mol. The molecule has 0 bridgehead atoms. The first kappa shape index (κ1) is 9.64. The fourth-order valence-electron chi connectivity index (χ4n) is 2.73. The van der Waals surface area contributed by atoms with E-state index in [1.165, 1.54) is 22.1 Å². The Morgan fingerprint density at radius 2 is 1.88 bits per heavy atom. The third kappa shape index (κ3) is 1.16. The summed E-state index contributed by atoms with van der Waals surface area (Å²) in [5.74, 6) is 0.274. The van der Waals surface area contributed by atoms with Gasteiger partial charge >= 0.3 is 0 Å². The van der Waals surface area contributed by atoms with Gasteiger partial charge in [-0.05, 0) is 43.4 Å². The molecule has 1 aliphatic rings. The van der Waals surface area contributed by atoms with Crippen molar-refractivity contribution in [3.63, 3.8) is 0 Å². The van der Waals surface area contributed by atoms with Gasteiger partial charge in [0, 0.05) is 17.3 Å². The lowest BCUT2D eigenvalue weighted by molar-refractivity contribution is 0.0968. The molecule has 0 fully saturated rings. The van der Waals surface area contributed by atoms with Crippen LogP contribution < -0.4 is 0 Å². The van der Waals surface area contributed by atoms with Gasteiger partial charge < -0.3 is 4.98 Å². The lowest BCUT2D eigenvalue weighted by Crippen LogP contribution is -2.09. The summed E-state index contributed by atoms with van der Waals surface area (Å²) < 4.78 is 0. The van der Waals surface area contributed by atoms with Crippen LogP contribution in [0.15, 0.2) is 12.1 Å². The van der Waals surface area contributed by atoms with Crippen LogP contribution in [0.3, 0.4) is 0 Å². The Balaban J connectivity index is 2.45. The number of hydrogen-bond donors (Lipinski definition) is 1. The summed E-state index contributed by atoms with van der Waals surface area (Å²) in [7, 11) is 0. The molecule has 0 unspecified atom stereocenters. The predicted octanol–water partition coefficient (Wildman–Crippen LogP) is 3.30. The number of fused-ring (bicyclic) bond motifs is 3. The van der Waals surface area contributed by atoms with Gasteiger partial charge in [-0.25, -0.2) is 0 Å². The summed E-state index contributed by atoms with van der Waals surface area (Å²) >= 11 is 0. The molecule has 0 saturated heterocycles. The highest BCUT2D eigenvalue weighted by atomic mass is 16.1. The first-order chi connectivity index (χ1) is 7.68. The number of rotatable bonds is 0. The molecular formula is C14H15NO. The number of Topliss-reactive ketones (excluding diaryl/α,β-unsaturated/α-hetero) is 1. The van der Waals surface area contributed by atoms with E-state index in [2.05, 4.69) is 31.0 Å². The topological polar surface area (TPSA) is 32.9 Å². The summed E-state index contributed by atoms with van der Waals surface area (Å²) in [5.41, 5.74) is 5.75. The van der Waals surface area contributed by atoms with Gasteiger partial charge in [0.25, 0.3) is 0 Å². The van der Waals surface area contributed by atoms with Gasteiger partial charge in [-0.1, -0.05) is 12.1 Å². The molecule has 1 aromatic heterocycles. The Kier molecular flexibility index (Phi) is 1.93. The van der Waals surface area contributed by atoms with Crippen LogP contribution >= 0.6 is 0 Å². The zero-order valence-electron chi connectivity index (χ0n) is 9.68. The van der Waals surface area contributed by atoms with E-state index in [9.17, 15) is 4.79 Å². The molecule has 1 aliphatic carbocycles. The van der Waals surface area contributed by atoms with Crippen LogP contribution in [-0.4, -0.2) is 10.8 Å². The van der Waals surface area contributed by atoms with Gasteiger partial charge in [0.05, 0.1) is 5.69 Å². The monoisotopic (exact) mass is 213 g/mol. The minimum Gasteiger partial charge on any atom is -0.352 e. The second-order valence-electron chi connectivity index (χ2n) is 4.70. The molecule has 0 spiro atoms. The number of benzene rings is 1. The number of aromatic nitrogens is 1. The molecule has 2 heteroatoms. The molecule has 0 radical (unpaired) electrons. The zero-order chi connectivity index (χ0) is 11.3. The average Bonchev–Trinajstić information content (AvgIpc) is 2.66. The van der Waals surface area contributed by atoms with Crippen molar-refractivity contribution in [1.82, 2.24) is 4.98 Å². The molecule has 0 amide bonds. The lowest BCUT2D eigenvalue weighted by Gasteiger charge is -2.10. The Morgan fingerprint density at radius 1 is 1.12 bits per heavy atom. The van der Waals surface area contributed by atoms with Crippen LogP contribution in [0.4, 0.5) is 0 Å². The molecule has 1 heterocycles. The van der Waals surface area contributed by atoms with E-state index >= 15 is 0 Å². The molecule has 1 aromatic carbocycles. The van der Waals surface area contributed by atoms with E-state index in [0.717, 1.165) is 24.1 Å². The highest BCUT2D eigenvalue weighted by molar-refractivity contribution is 6.04. The number of ketones is 1. The van der Waals surface area contributed by atoms with Crippen LogP contribution in [0.1, 0.15) is 40.0 Å². The van der Waals surface area contributed by atoms with Gasteiger partial charge in [0.15, 0.2) is 5.78 Å². The van der Waals surface area contributed by atoms with Crippen molar-refractivity contribution in [3.05, 3.63) is 34.5 Å². The molecule has 0 saturated carbocycles. The van der Waals surface area contributed by atoms with Crippen LogP contribution in [0.5, 0.6) is 0 Å². The minimum atomic E-state index is 0.274. The van der Waals surface area contributed by atoms with E-state index in [4.69, 9.17) is 0 Å². The number of carbonyl (C=O) groups is 1. The quantitative estimate of drug-likeness (QED) is 0.715. The first-order valence-electron chi connectivity index (χ1n) is 5.82. The smallest absolute Gasteiger partial charge is 0.179 e. The third-order valence-corrected chi connectivity index (χ3v) is 3.59. The number of nitrogens with one attached hydrogen (secondary N) is 1. The minimum absolute atomic E-state index is 0.274. The largest absolute Gasteiger partial charge is 0.352 e. The molecule has 16 heavy (non-hydrogen) atoms. The van der Waals surface area contributed by atoms with Crippen LogP contribution in [0.25, 0.3) is 10.9 Å². The number of H-pyrrole nitrogens is 1. The summed E-state index contributed by atoms with van der Waals surface area (Å²) in [5, 5.41) is 1.28. The summed E-state index contributed by atoms with van der Waals surface area (Å²) in [6.45, 7) is 4.21. The number of hydrogen-bond acceptors (Lipinski definition) is 1. The maximum absolute atomic E-state index is 11.8. The van der Waals surface area contributed by atoms with E-state index in [-0.39, 0.29) is 5.78 Å². The Hall–Kier alpha value is -1.57. The van der Waals surface area contributed by atoms with Crippen molar-refractivity contribution in [2.75, 3.05) is 0 Å². The number of carbonyl (C=O) groups excluding carboxylic acids is 1. The van der Waals surface area contributed by atoms with Gasteiger partial charge in [-0.15, -0.1) is 0 Å². The van der Waals surface area contributed by atoms with Gasteiger partial charge in [0.1, 0.15) is 0 Å². The van der Waals surface area contributed by atoms with E-state index in [1.54, 1.807) is 0 Å². The van der Waals surface area contributed by atoms with Crippen molar-refractivity contribution < 1.29 is 4.79 Å². The molecule has 0 atom stereocenters. The molecule has 3 rings (SSSR count).